The summed E-state index contributed by atoms with van der Waals surface area (Å²) in [5.74, 6) is 1.45. The summed E-state index contributed by atoms with van der Waals surface area (Å²) in [5.41, 5.74) is 3.27. The van der Waals surface area contributed by atoms with Gasteiger partial charge in [0, 0.05) is 24.8 Å². The van der Waals surface area contributed by atoms with E-state index in [9.17, 15) is 4.79 Å². The number of hydrogen-bond acceptors (Lipinski definition) is 4. The minimum atomic E-state index is -0.0604. The van der Waals surface area contributed by atoms with Gasteiger partial charge in [-0.15, -0.1) is 0 Å². The highest BCUT2D eigenvalue weighted by Crippen LogP contribution is 2.25. The fourth-order valence-corrected chi connectivity index (χ4v) is 3.44. The second-order valence-corrected chi connectivity index (χ2v) is 6.64. The highest BCUT2D eigenvalue weighted by molar-refractivity contribution is 5.93. The van der Waals surface area contributed by atoms with Crippen molar-refractivity contribution in [3.05, 3.63) is 47.1 Å². The predicted molar refractivity (Wildman–Crippen MR) is 92.3 cm³/mol. The molecule has 4 heterocycles. The van der Waals surface area contributed by atoms with Crippen molar-refractivity contribution in [3.63, 3.8) is 0 Å². The van der Waals surface area contributed by atoms with E-state index in [1.54, 1.807) is 6.07 Å². The average Bonchev–Trinajstić information content (AvgIpc) is 3.32. The Morgan fingerprint density at radius 2 is 2.12 bits per heavy atom. The van der Waals surface area contributed by atoms with Crippen LogP contribution in [0.4, 0.5) is 0 Å². The van der Waals surface area contributed by atoms with Gasteiger partial charge in [0.25, 0.3) is 5.91 Å². The number of aromatic amines is 1. The van der Waals surface area contributed by atoms with E-state index >= 15 is 0 Å². The van der Waals surface area contributed by atoms with Crippen LogP contribution in [-0.2, 0) is 0 Å². The Kier molecular flexibility index (Phi) is 3.71. The lowest BCUT2D eigenvalue weighted by Crippen LogP contribution is -2.29. The van der Waals surface area contributed by atoms with Crippen LogP contribution in [0.2, 0.25) is 0 Å². The summed E-state index contributed by atoms with van der Waals surface area (Å²) in [6, 6.07) is 7.79. The third-order valence-electron chi connectivity index (χ3n) is 4.64. The van der Waals surface area contributed by atoms with Crippen LogP contribution in [0.1, 0.15) is 40.1 Å². The van der Waals surface area contributed by atoms with Gasteiger partial charge >= 0.3 is 0 Å². The Morgan fingerprint density at radius 3 is 2.80 bits per heavy atom. The first-order valence-corrected chi connectivity index (χ1v) is 8.45. The lowest BCUT2D eigenvalue weighted by molar-refractivity contribution is 0.0781. The van der Waals surface area contributed by atoms with Crippen molar-refractivity contribution in [1.29, 1.82) is 0 Å². The summed E-state index contributed by atoms with van der Waals surface area (Å²) in [6.45, 7) is 7.29. The van der Waals surface area contributed by atoms with Crippen molar-refractivity contribution in [1.82, 2.24) is 24.9 Å². The van der Waals surface area contributed by atoms with E-state index in [0.717, 1.165) is 23.6 Å². The molecule has 0 radical (unpaired) electrons. The molecule has 1 amide bonds. The van der Waals surface area contributed by atoms with Gasteiger partial charge in [-0.3, -0.25) is 14.6 Å². The number of carbonyl (C=O) groups excluding carboxylic acids is 1. The molecule has 1 saturated heterocycles. The van der Waals surface area contributed by atoms with Crippen molar-refractivity contribution in [2.24, 2.45) is 0 Å². The maximum Gasteiger partial charge on any atom is 0.274 e. The molecule has 0 unspecified atom stereocenters. The van der Waals surface area contributed by atoms with Crippen LogP contribution in [0.5, 0.6) is 0 Å². The topological polar surface area (TPSA) is 80.0 Å². The van der Waals surface area contributed by atoms with Crippen LogP contribution in [0.25, 0.3) is 11.5 Å². The Hall–Kier alpha value is -2.83. The van der Waals surface area contributed by atoms with Gasteiger partial charge in [-0.1, -0.05) is 0 Å². The quantitative estimate of drug-likeness (QED) is 0.796. The van der Waals surface area contributed by atoms with Crippen LogP contribution < -0.4 is 0 Å². The van der Waals surface area contributed by atoms with E-state index in [2.05, 4.69) is 28.3 Å². The second kappa shape index (κ2) is 5.91. The number of rotatable bonds is 3. The Bertz CT molecular complexity index is 920. The number of aromatic nitrogens is 4. The number of hydrogen-bond donors (Lipinski definition) is 1. The smallest absolute Gasteiger partial charge is 0.274 e. The molecule has 0 spiro atoms. The lowest BCUT2D eigenvalue weighted by atomic mass is 10.2. The normalized spacial score (nSPS) is 17.4. The van der Waals surface area contributed by atoms with Gasteiger partial charge in [-0.2, -0.15) is 10.2 Å². The van der Waals surface area contributed by atoms with E-state index in [4.69, 9.17) is 4.42 Å². The highest BCUT2D eigenvalue weighted by Gasteiger charge is 2.30. The largest absolute Gasteiger partial charge is 0.460 e. The second-order valence-electron chi connectivity index (χ2n) is 6.64. The van der Waals surface area contributed by atoms with E-state index < -0.39 is 0 Å². The van der Waals surface area contributed by atoms with Crippen LogP contribution in [0.3, 0.4) is 0 Å². The standard InChI is InChI=1S/C18H21N5O2/c1-11-8-12(2)23(21-11)14-6-7-22(10-14)18(24)16-9-15(19-20-16)17-5-4-13(3)25-17/h4-5,8-9,14H,6-7,10H2,1-3H3,(H,19,20)/t14-/m1/s1. The zero-order valence-electron chi connectivity index (χ0n) is 14.6. The first-order chi connectivity index (χ1) is 12.0. The molecule has 7 nitrogen and oxygen atoms in total. The van der Waals surface area contributed by atoms with E-state index in [0.29, 0.717) is 30.2 Å². The highest BCUT2D eigenvalue weighted by atomic mass is 16.3. The van der Waals surface area contributed by atoms with Crippen molar-refractivity contribution >= 4 is 5.91 Å². The fourth-order valence-electron chi connectivity index (χ4n) is 3.44. The summed E-state index contributed by atoms with van der Waals surface area (Å²) in [5, 5.41) is 11.6. The molecular weight excluding hydrogens is 318 g/mol. The van der Waals surface area contributed by atoms with Crippen LogP contribution in [0.15, 0.2) is 28.7 Å². The summed E-state index contributed by atoms with van der Waals surface area (Å²) in [7, 11) is 0. The molecule has 3 aromatic heterocycles. The molecule has 1 aliphatic heterocycles. The van der Waals surface area contributed by atoms with Gasteiger partial charge in [0.15, 0.2) is 11.5 Å². The monoisotopic (exact) mass is 339 g/mol. The van der Waals surface area contributed by atoms with Gasteiger partial charge < -0.3 is 9.32 Å². The molecule has 3 aromatic rings. The third-order valence-corrected chi connectivity index (χ3v) is 4.64. The molecule has 7 heteroatoms. The summed E-state index contributed by atoms with van der Waals surface area (Å²) < 4.78 is 7.60. The molecule has 0 bridgehead atoms. The SMILES string of the molecule is Cc1cc(C)n([C@@H]2CCN(C(=O)c3cc(-c4ccc(C)o4)[nH]n3)C2)n1. The summed E-state index contributed by atoms with van der Waals surface area (Å²) in [6.07, 6.45) is 0.905. The van der Waals surface area contributed by atoms with Crippen LogP contribution in [-0.4, -0.2) is 43.9 Å². The Balaban J connectivity index is 1.49. The van der Waals surface area contributed by atoms with Crippen LogP contribution in [0, 0.1) is 20.8 Å². The minimum Gasteiger partial charge on any atom is -0.460 e. The van der Waals surface area contributed by atoms with Crippen molar-refractivity contribution in [2.45, 2.75) is 33.2 Å². The van der Waals surface area contributed by atoms with Crippen molar-refractivity contribution < 1.29 is 9.21 Å². The molecular formula is C18H21N5O2. The molecule has 130 valence electrons. The van der Waals surface area contributed by atoms with E-state index in [1.165, 1.54) is 0 Å². The van der Waals surface area contributed by atoms with Gasteiger partial charge in [0.2, 0.25) is 0 Å². The zero-order valence-corrected chi connectivity index (χ0v) is 14.6. The maximum atomic E-state index is 12.7. The summed E-state index contributed by atoms with van der Waals surface area (Å²) >= 11 is 0. The van der Waals surface area contributed by atoms with Gasteiger partial charge in [-0.25, -0.2) is 0 Å². The number of carbonyl (C=O) groups is 1. The molecule has 0 aromatic carbocycles. The molecule has 0 aliphatic carbocycles. The molecule has 25 heavy (non-hydrogen) atoms. The molecule has 1 N–H and O–H groups in total. The van der Waals surface area contributed by atoms with Gasteiger partial charge in [0.05, 0.1) is 11.7 Å². The number of nitrogens with one attached hydrogen (secondary N) is 1. The predicted octanol–water partition coefficient (Wildman–Crippen LogP) is 2.88. The van der Waals surface area contributed by atoms with E-state index in [1.807, 2.05) is 35.6 Å². The first-order valence-electron chi connectivity index (χ1n) is 8.45. The Labute approximate surface area is 145 Å². The Morgan fingerprint density at radius 1 is 1.28 bits per heavy atom. The molecule has 0 saturated carbocycles. The molecule has 1 atom stereocenters. The maximum absolute atomic E-state index is 12.7. The lowest BCUT2D eigenvalue weighted by Gasteiger charge is -2.16. The number of likely N-dealkylation sites (tertiary alicyclic amines) is 1. The molecule has 1 aliphatic rings. The average molecular weight is 339 g/mol. The van der Waals surface area contributed by atoms with Crippen molar-refractivity contribution in [3.8, 4) is 11.5 Å². The van der Waals surface area contributed by atoms with Gasteiger partial charge in [-0.05, 0) is 45.4 Å². The minimum absolute atomic E-state index is 0.0604. The summed E-state index contributed by atoms with van der Waals surface area (Å²) in [4.78, 5) is 14.6. The number of nitrogens with zero attached hydrogens (tertiary/aromatic N) is 4. The van der Waals surface area contributed by atoms with Gasteiger partial charge in [0.1, 0.15) is 11.5 Å². The first kappa shape index (κ1) is 15.7. The van der Waals surface area contributed by atoms with E-state index in [-0.39, 0.29) is 11.9 Å². The number of aryl methyl sites for hydroxylation is 3. The van der Waals surface area contributed by atoms with Crippen molar-refractivity contribution in [2.75, 3.05) is 13.1 Å². The number of H-pyrrole nitrogens is 1. The van der Waals surface area contributed by atoms with Crippen LogP contribution >= 0.6 is 0 Å². The third kappa shape index (κ3) is 2.86. The number of amides is 1. The molecule has 1 fully saturated rings. The fraction of sp³-hybridized carbons (Fsp3) is 0.389. The molecule has 4 rings (SSSR count). The zero-order chi connectivity index (χ0) is 17.6. The number of furan rings is 1.